The highest BCUT2D eigenvalue weighted by Crippen LogP contribution is 2.13. The van der Waals surface area contributed by atoms with Crippen LogP contribution in [-0.4, -0.2) is 24.5 Å². The summed E-state index contributed by atoms with van der Waals surface area (Å²) in [5.74, 6) is 0. The Morgan fingerprint density at radius 1 is 0.486 bits per heavy atom. The molecule has 0 bridgehead atoms. The fraction of sp³-hybridized carbons (Fsp3) is 0.765. The van der Waals surface area contributed by atoms with Gasteiger partial charge in [0.05, 0.1) is 0 Å². The van der Waals surface area contributed by atoms with Crippen LogP contribution in [0.15, 0.2) is 36.4 Å². The van der Waals surface area contributed by atoms with Gasteiger partial charge in [-0.1, -0.05) is 172 Å². The van der Waals surface area contributed by atoms with Crippen LogP contribution in [0.1, 0.15) is 154 Å². The van der Waals surface area contributed by atoms with E-state index in [0.29, 0.717) is 0 Å². The number of hydrogen-bond acceptors (Lipinski definition) is 1. The average Bonchev–Trinajstić information content (AvgIpc) is 2.88. The Labute approximate surface area is 221 Å². The van der Waals surface area contributed by atoms with Crippen LogP contribution >= 0.6 is 0 Å². The zero-order valence-corrected chi connectivity index (χ0v) is 24.0. The van der Waals surface area contributed by atoms with E-state index in [-0.39, 0.29) is 0 Å². The first-order valence-corrected chi connectivity index (χ1v) is 15.8. The van der Waals surface area contributed by atoms with Crippen molar-refractivity contribution in [3.8, 4) is 0 Å². The van der Waals surface area contributed by atoms with Crippen molar-refractivity contribution in [3.05, 3.63) is 42.0 Å². The average molecular weight is 484 g/mol. The molecule has 1 aromatic rings. The summed E-state index contributed by atoms with van der Waals surface area (Å²) in [4.78, 5) is 2.75. The maximum Gasteiger partial charge on any atom is 0.00160 e. The number of benzene rings is 1. The molecule has 0 saturated heterocycles. The second kappa shape index (κ2) is 26.0. The van der Waals surface area contributed by atoms with E-state index in [2.05, 4.69) is 61.2 Å². The summed E-state index contributed by atoms with van der Waals surface area (Å²) < 4.78 is 0. The third-order valence-electron chi connectivity index (χ3n) is 7.38. The van der Waals surface area contributed by atoms with Crippen molar-refractivity contribution >= 4 is 6.08 Å². The van der Waals surface area contributed by atoms with Crippen LogP contribution in [-0.2, 0) is 0 Å². The van der Waals surface area contributed by atoms with Crippen LogP contribution < -0.4 is 0 Å². The molecule has 0 fully saturated rings. The molecular weight excluding hydrogens is 422 g/mol. The summed E-state index contributed by atoms with van der Waals surface area (Å²) in [5.41, 5.74) is 1.32. The van der Waals surface area contributed by atoms with Gasteiger partial charge in [0.2, 0.25) is 0 Å². The molecule has 0 aliphatic heterocycles. The van der Waals surface area contributed by atoms with Gasteiger partial charge >= 0.3 is 0 Å². The lowest BCUT2D eigenvalue weighted by Crippen LogP contribution is -2.27. The number of hydrogen-bond donors (Lipinski definition) is 0. The molecular formula is C34H61N. The largest absolute Gasteiger partial charge is 0.303 e. The lowest BCUT2D eigenvalue weighted by Gasteiger charge is -2.21. The highest BCUT2D eigenvalue weighted by Gasteiger charge is 2.04. The molecule has 0 unspecified atom stereocenters. The molecule has 1 rings (SSSR count). The second-order valence-corrected chi connectivity index (χ2v) is 10.8. The minimum absolute atomic E-state index is 1.17. The van der Waals surface area contributed by atoms with E-state index >= 15 is 0 Å². The highest BCUT2D eigenvalue weighted by atomic mass is 15.1. The van der Waals surface area contributed by atoms with E-state index in [1.165, 1.54) is 160 Å². The molecule has 0 spiro atoms. The SMILES string of the molecule is CCCCCCCCCCCCN(CCC=Cc1ccccc1)CCCCCCCCCCCC. The Balaban J connectivity index is 2.17. The standard InChI is InChI=1S/C34H61N/c1-3-5-7-9-11-13-15-17-19-25-31-35(33-27-24-30-34-28-22-21-23-29-34)32-26-20-18-16-14-12-10-8-6-4-2/h21-24,28-30H,3-20,25-27,31-33H2,1-2H3. The maximum absolute atomic E-state index is 2.75. The van der Waals surface area contributed by atoms with E-state index < -0.39 is 0 Å². The fourth-order valence-electron chi connectivity index (χ4n) is 5.02. The molecule has 0 aliphatic rings. The van der Waals surface area contributed by atoms with Gasteiger partial charge in [-0.3, -0.25) is 0 Å². The quantitative estimate of drug-likeness (QED) is 0.118. The van der Waals surface area contributed by atoms with Gasteiger partial charge < -0.3 is 4.90 Å². The second-order valence-electron chi connectivity index (χ2n) is 10.8. The van der Waals surface area contributed by atoms with Gasteiger partial charge in [-0.15, -0.1) is 0 Å². The molecule has 0 amide bonds. The van der Waals surface area contributed by atoms with Gasteiger partial charge in [0, 0.05) is 6.54 Å². The monoisotopic (exact) mass is 483 g/mol. The smallest absolute Gasteiger partial charge is 0.00160 e. The maximum atomic E-state index is 2.75. The first-order valence-electron chi connectivity index (χ1n) is 15.8. The Morgan fingerprint density at radius 3 is 1.31 bits per heavy atom. The third kappa shape index (κ3) is 21.9. The number of rotatable bonds is 26. The van der Waals surface area contributed by atoms with E-state index in [4.69, 9.17) is 0 Å². The number of unbranched alkanes of at least 4 members (excludes halogenated alkanes) is 18. The van der Waals surface area contributed by atoms with Crippen LogP contribution in [0.5, 0.6) is 0 Å². The summed E-state index contributed by atoms with van der Waals surface area (Å²) in [6.07, 6.45) is 34.4. The summed E-state index contributed by atoms with van der Waals surface area (Å²) in [7, 11) is 0. The van der Waals surface area contributed by atoms with E-state index in [0.717, 1.165) is 0 Å². The fourth-order valence-corrected chi connectivity index (χ4v) is 5.02. The van der Waals surface area contributed by atoms with Crippen molar-refractivity contribution in [1.29, 1.82) is 0 Å². The molecule has 35 heavy (non-hydrogen) atoms. The van der Waals surface area contributed by atoms with Gasteiger partial charge in [-0.2, -0.15) is 0 Å². The van der Waals surface area contributed by atoms with Crippen LogP contribution in [0.3, 0.4) is 0 Å². The predicted molar refractivity (Wildman–Crippen MR) is 160 cm³/mol. The zero-order valence-electron chi connectivity index (χ0n) is 24.0. The molecule has 0 aromatic heterocycles. The van der Waals surface area contributed by atoms with Crippen molar-refractivity contribution in [3.63, 3.8) is 0 Å². The molecule has 0 saturated carbocycles. The molecule has 202 valence electrons. The summed E-state index contributed by atoms with van der Waals surface area (Å²) in [6.45, 7) is 8.43. The highest BCUT2D eigenvalue weighted by molar-refractivity contribution is 5.48. The van der Waals surface area contributed by atoms with Crippen molar-refractivity contribution in [2.45, 2.75) is 149 Å². The molecule has 0 atom stereocenters. The molecule has 0 radical (unpaired) electrons. The van der Waals surface area contributed by atoms with Crippen molar-refractivity contribution < 1.29 is 0 Å². The Hall–Kier alpha value is -1.08. The minimum Gasteiger partial charge on any atom is -0.303 e. The van der Waals surface area contributed by atoms with Gasteiger partial charge in [0.1, 0.15) is 0 Å². The Bertz CT molecular complexity index is 525. The van der Waals surface area contributed by atoms with Gasteiger partial charge in [-0.05, 0) is 37.9 Å². The van der Waals surface area contributed by atoms with Crippen LogP contribution in [0.25, 0.3) is 6.08 Å². The van der Waals surface area contributed by atoms with Gasteiger partial charge in [0.15, 0.2) is 0 Å². The minimum atomic E-state index is 1.17. The molecule has 0 N–H and O–H groups in total. The number of nitrogens with zero attached hydrogens (tertiary/aromatic N) is 1. The molecule has 1 heteroatoms. The lowest BCUT2D eigenvalue weighted by molar-refractivity contribution is 0.265. The van der Waals surface area contributed by atoms with Crippen LogP contribution in [0, 0.1) is 0 Å². The van der Waals surface area contributed by atoms with Gasteiger partial charge in [0.25, 0.3) is 0 Å². The van der Waals surface area contributed by atoms with Gasteiger partial charge in [-0.25, -0.2) is 0 Å². The lowest BCUT2D eigenvalue weighted by atomic mass is 10.1. The van der Waals surface area contributed by atoms with Crippen LogP contribution in [0.4, 0.5) is 0 Å². The third-order valence-corrected chi connectivity index (χ3v) is 7.38. The Kier molecular flexibility index (Phi) is 23.7. The Morgan fingerprint density at radius 2 is 0.886 bits per heavy atom. The van der Waals surface area contributed by atoms with Crippen LogP contribution in [0.2, 0.25) is 0 Å². The van der Waals surface area contributed by atoms with E-state index in [1.54, 1.807) is 0 Å². The molecule has 0 aliphatic carbocycles. The molecule has 0 heterocycles. The summed E-state index contributed by atoms with van der Waals surface area (Å²) in [5, 5.41) is 0. The van der Waals surface area contributed by atoms with E-state index in [9.17, 15) is 0 Å². The normalized spacial score (nSPS) is 11.7. The van der Waals surface area contributed by atoms with Crippen molar-refractivity contribution in [1.82, 2.24) is 4.90 Å². The summed E-state index contributed by atoms with van der Waals surface area (Å²) in [6, 6.07) is 10.7. The zero-order chi connectivity index (χ0) is 25.1. The first-order chi connectivity index (χ1) is 17.4. The molecule has 1 nitrogen and oxygen atoms in total. The first kappa shape index (κ1) is 31.9. The van der Waals surface area contributed by atoms with Crippen molar-refractivity contribution in [2.75, 3.05) is 19.6 Å². The molecule has 1 aromatic carbocycles. The van der Waals surface area contributed by atoms with Crippen molar-refractivity contribution in [2.24, 2.45) is 0 Å². The summed E-state index contributed by atoms with van der Waals surface area (Å²) >= 11 is 0. The topological polar surface area (TPSA) is 3.24 Å². The predicted octanol–water partition coefficient (Wildman–Crippen LogP) is 11.2. The van der Waals surface area contributed by atoms with E-state index in [1.807, 2.05) is 0 Å².